The van der Waals surface area contributed by atoms with Crippen molar-refractivity contribution in [2.75, 3.05) is 46.8 Å². The maximum atomic E-state index is 13.6. The molecule has 10 nitrogen and oxygen atoms in total. The Bertz CT molecular complexity index is 1390. The summed E-state index contributed by atoms with van der Waals surface area (Å²) in [5.74, 6) is 1.72. The molecular weight excluding hydrogens is 584 g/mol. The number of ketones is 1. The van der Waals surface area contributed by atoms with E-state index in [2.05, 4.69) is 15.6 Å². The number of anilines is 1. The predicted octanol–water partition coefficient (Wildman–Crippen LogP) is 5.50. The summed E-state index contributed by atoms with van der Waals surface area (Å²) in [4.78, 5) is 17.6. The molecule has 6 N–H and O–H groups in total. The standard InChI is InChI=1S/C36H52N4O6/c1-38-24-36(17-13-25(23-36)14-18-44-3)46-31-20-26(19-28(33(31)43)40-34(37)39-2)9-5-6-10-32(42)35(15-7-8-16-35)22-27-11-12-29(41)30(21-27)45-4/h6,10-12,19-21,25,38,41,43H,5,7-9,13-18,22-24H2,1-4H3,(H3,37,39,40)/t25-,36+/m1/s1. The second-order valence-electron chi connectivity index (χ2n) is 12.9. The summed E-state index contributed by atoms with van der Waals surface area (Å²) in [6.45, 7) is 1.37. The number of methoxy groups -OCH3 is 2. The Kier molecular flexibility index (Phi) is 12.3. The minimum absolute atomic E-state index is 0.00840. The third kappa shape index (κ3) is 8.73. The Morgan fingerprint density at radius 2 is 1.87 bits per heavy atom. The van der Waals surface area contributed by atoms with E-state index < -0.39 is 11.0 Å². The van der Waals surface area contributed by atoms with Crippen LogP contribution in [0, 0.1) is 11.3 Å². The van der Waals surface area contributed by atoms with Crippen LogP contribution in [0.25, 0.3) is 0 Å². The van der Waals surface area contributed by atoms with Crippen LogP contribution in [0.15, 0.2) is 47.5 Å². The smallest absolute Gasteiger partial charge is 0.192 e. The Hall–Kier alpha value is -3.76. The van der Waals surface area contributed by atoms with E-state index in [-0.39, 0.29) is 23.2 Å². The molecule has 0 unspecified atom stereocenters. The molecule has 4 rings (SSSR count). The van der Waals surface area contributed by atoms with E-state index >= 15 is 0 Å². The number of carbonyl (C=O) groups is 1. The van der Waals surface area contributed by atoms with Gasteiger partial charge in [0.1, 0.15) is 5.60 Å². The van der Waals surface area contributed by atoms with Crippen molar-refractivity contribution in [3.8, 4) is 23.0 Å². The van der Waals surface area contributed by atoms with Crippen LogP contribution < -0.4 is 25.8 Å². The van der Waals surface area contributed by atoms with Crippen molar-refractivity contribution < 1.29 is 29.2 Å². The molecule has 2 aliphatic rings. The van der Waals surface area contributed by atoms with Crippen molar-refractivity contribution in [3.63, 3.8) is 0 Å². The lowest BCUT2D eigenvalue weighted by Crippen LogP contribution is -2.42. The zero-order valence-electron chi connectivity index (χ0n) is 27.9. The van der Waals surface area contributed by atoms with Crippen LogP contribution in [-0.4, -0.2) is 69.0 Å². The van der Waals surface area contributed by atoms with Gasteiger partial charge in [0.25, 0.3) is 0 Å². The molecule has 2 saturated carbocycles. The number of hydrogen-bond acceptors (Lipinski definition) is 8. The summed E-state index contributed by atoms with van der Waals surface area (Å²) in [5, 5.41) is 27.6. The maximum absolute atomic E-state index is 13.6. The number of guanidine groups is 1. The largest absolute Gasteiger partial charge is 0.504 e. The van der Waals surface area contributed by atoms with Crippen molar-refractivity contribution in [1.82, 2.24) is 5.32 Å². The van der Waals surface area contributed by atoms with Crippen LogP contribution >= 0.6 is 0 Å². The molecule has 0 aliphatic heterocycles. The van der Waals surface area contributed by atoms with Crippen LogP contribution in [0.2, 0.25) is 0 Å². The number of nitrogens with two attached hydrogens (primary N) is 1. The zero-order valence-corrected chi connectivity index (χ0v) is 27.9. The number of likely N-dealkylation sites (N-methyl/N-ethyl adjacent to an activating group) is 1. The number of aryl methyl sites for hydroxylation is 1. The number of nitrogens with zero attached hydrogens (tertiary/aromatic N) is 1. The number of hydrogen-bond donors (Lipinski definition) is 5. The van der Waals surface area contributed by atoms with Crippen molar-refractivity contribution in [2.45, 2.75) is 76.2 Å². The highest BCUT2D eigenvalue weighted by atomic mass is 16.5. The molecule has 0 aromatic heterocycles. The molecule has 10 heteroatoms. The molecule has 2 atom stereocenters. The van der Waals surface area contributed by atoms with Crippen molar-refractivity contribution in [1.29, 1.82) is 0 Å². The molecular formula is C36H52N4O6. The lowest BCUT2D eigenvalue weighted by Gasteiger charge is -2.31. The summed E-state index contributed by atoms with van der Waals surface area (Å²) in [6, 6.07) is 9.07. The van der Waals surface area contributed by atoms with E-state index in [9.17, 15) is 15.0 Å². The number of ether oxygens (including phenoxy) is 3. The minimum atomic E-state index is -0.450. The van der Waals surface area contributed by atoms with Crippen LogP contribution in [0.1, 0.15) is 68.9 Å². The summed E-state index contributed by atoms with van der Waals surface area (Å²) in [5.41, 5.74) is 7.43. The fourth-order valence-corrected chi connectivity index (χ4v) is 7.15. The van der Waals surface area contributed by atoms with Gasteiger partial charge in [-0.15, -0.1) is 0 Å². The molecule has 0 saturated heterocycles. The average molecular weight is 637 g/mol. The van der Waals surface area contributed by atoms with Crippen LogP contribution in [0.4, 0.5) is 5.69 Å². The van der Waals surface area contributed by atoms with Gasteiger partial charge < -0.3 is 40.8 Å². The van der Waals surface area contributed by atoms with E-state index in [1.54, 1.807) is 26.3 Å². The molecule has 0 amide bonds. The fourth-order valence-electron chi connectivity index (χ4n) is 7.15. The van der Waals surface area contributed by atoms with E-state index in [1.807, 2.05) is 37.4 Å². The number of nitrogens with one attached hydrogen (secondary N) is 2. The van der Waals surface area contributed by atoms with Crippen molar-refractivity contribution >= 4 is 17.4 Å². The van der Waals surface area contributed by atoms with Crippen LogP contribution in [0.3, 0.4) is 0 Å². The van der Waals surface area contributed by atoms with Gasteiger partial charge in [-0.25, -0.2) is 0 Å². The first-order valence-electron chi connectivity index (χ1n) is 16.4. The average Bonchev–Trinajstić information content (AvgIpc) is 3.69. The summed E-state index contributed by atoms with van der Waals surface area (Å²) >= 11 is 0. The third-order valence-electron chi connectivity index (χ3n) is 9.60. The van der Waals surface area contributed by atoms with Gasteiger partial charge in [-0.3, -0.25) is 9.79 Å². The first-order chi connectivity index (χ1) is 22.2. The molecule has 0 radical (unpaired) electrons. The second-order valence-corrected chi connectivity index (χ2v) is 12.9. The second kappa shape index (κ2) is 16.2. The lowest BCUT2D eigenvalue weighted by molar-refractivity contribution is -0.123. The number of phenols is 2. The van der Waals surface area contributed by atoms with Crippen molar-refractivity contribution in [2.24, 2.45) is 22.1 Å². The minimum Gasteiger partial charge on any atom is -0.504 e. The van der Waals surface area contributed by atoms with Gasteiger partial charge in [0.2, 0.25) is 0 Å². The first kappa shape index (κ1) is 35.1. The molecule has 2 aromatic carbocycles. The van der Waals surface area contributed by atoms with E-state index in [0.29, 0.717) is 55.5 Å². The molecule has 2 aliphatic carbocycles. The van der Waals surface area contributed by atoms with Gasteiger partial charge in [-0.2, -0.15) is 0 Å². The molecule has 0 spiro atoms. The fraction of sp³-hybridized carbons (Fsp3) is 0.556. The zero-order chi connectivity index (χ0) is 33.2. The quantitative estimate of drug-likeness (QED) is 0.0698. The number of carbonyl (C=O) groups excluding carboxylic acids is 1. The Morgan fingerprint density at radius 3 is 2.57 bits per heavy atom. The van der Waals surface area contributed by atoms with Gasteiger partial charge >= 0.3 is 0 Å². The third-order valence-corrected chi connectivity index (χ3v) is 9.60. The van der Waals surface area contributed by atoms with E-state index in [0.717, 1.165) is 62.5 Å². The van der Waals surface area contributed by atoms with Gasteiger partial charge in [-0.1, -0.05) is 25.0 Å². The molecule has 2 fully saturated rings. The molecule has 0 heterocycles. The van der Waals surface area contributed by atoms with Gasteiger partial charge in [0, 0.05) is 32.7 Å². The number of aliphatic imine (C=N–C) groups is 1. The lowest BCUT2D eigenvalue weighted by atomic mass is 9.76. The summed E-state index contributed by atoms with van der Waals surface area (Å²) in [7, 11) is 6.75. The van der Waals surface area contributed by atoms with Gasteiger partial charge in [-0.05, 0) is 112 Å². The Labute approximate surface area is 273 Å². The first-order valence-corrected chi connectivity index (χ1v) is 16.4. The number of aromatic hydroxyl groups is 2. The van der Waals surface area contributed by atoms with E-state index in [1.165, 1.54) is 7.11 Å². The predicted molar refractivity (Wildman–Crippen MR) is 182 cm³/mol. The summed E-state index contributed by atoms with van der Waals surface area (Å²) < 4.78 is 17.3. The number of phenolic OH excluding ortho intramolecular Hbond substituents is 2. The number of rotatable bonds is 16. The normalized spacial score (nSPS) is 21.1. The highest BCUT2D eigenvalue weighted by molar-refractivity contribution is 5.95. The highest BCUT2D eigenvalue weighted by Gasteiger charge is 2.42. The van der Waals surface area contributed by atoms with Crippen LogP contribution in [-0.2, 0) is 22.4 Å². The molecule has 252 valence electrons. The summed E-state index contributed by atoms with van der Waals surface area (Å²) in [6.07, 6.45) is 13.0. The van der Waals surface area contributed by atoms with Gasteiger partial charge in [0.05, 0.1) is 12.8 Å². The monoisotopic (exact) mass is 636 g/mol. The number of allylic oxidation sites excluding steroid dienone is 2. The highest BCUT2D eigenvalue weighted by Crippen LogP contribution is 2.45. The Morgan fingerprint density at radius 1 is 1.11 bits per heavy atom. The van der Waals surface area contributed by atoms with E-state index in [4.69, 9.17) is 19.9 Å². The van der Waals surface area contributed by atoms with Crippen molar-refractivity contribution in [3.05, 3.63) is 53.6 Å². The molecule has 2 aromatic rings. The number of benzene rings is 2. The SMILES string of the molecule is CN=C(N)Nc1cc(CCC=CC(=O)C2(Cc3ccc(O)c(OC)c3)CCCC2)cc(O[C@@]2(CNC)CC[C@H](CCOC)C2)c1O. The Balaban J connectivity index is 1.50. The van der Waals surface area contributed by atoms with Crippen LogP contribution in [0.5, 0.6) is 23.0 Å². The topological polar surface area (TPSA) is 148 Å². The maximum Gasteiger partial charge on any atom is 0.192 e. The van der Waals surface area contributed by atoms with Gasteiger partial charge in [0.15, 0.2) is 34.7 Å². The molecule has 46 heavy (non-hydrogen) atoms. The molecule has 0 bridgehead atoms.